The fraction of sp³-hybridized carbons (Fsp3) is 0.235. The van der Waals surface area contributed by atoms with Crippen LogP contribution in [-0.4, -0.2) is 6.03 Å². The molecule has 2 N–H and O–H groups in total. The maximum absolute atomic E-state index is 12.2. The first-order chi connectivity index (χ1) is 10.1. The van der Waals surface area contributed by atoms with Gasteiger partial charge in [0.05, 0.1) is 5.54 Å². The molecule has 108 valence electrons. The summed E-state index contributed by atoms with van der Waals surface area (Å²) in [6.07, 6.45) is 1.94. The Morgan fingerprint density at radius 1 is 1.14 bits per heavy atom. The van der Waals surface area contributed by atoms with Crippen molar-refractivity contribution in [2.24, 2.45) is 0 Å². The van der Waals surface area contributed by atoms with E-state index in [-0.39, 0.29) is 11.6 Å². The molecule has 0 spiro atoms. The Bertz CT molecular complexity index is 666. The minimum Gasteiger partial charge on any atom is -0.328 e. The molecule has 1 aliphatic rings. The van der Waals surface area contributed by atoms with Crippen molar-refractivity contribution in [2.75, 3.05) is 5.32 Å². The van der Waals surface area contributed by atoms with Crippen molar-refractivity contribution in [3.8, 4) is 0 Å². The van der Waals surface area contributed by atoms with Crippen LogP contribution >= 0.6 is 11.6 Å². The Morgan fingerprint density at radius 3 is 2.52 bits per heavy atom. The van der Waals surface area contributed by atoms with Gasteiger partial charge in [-0.25, -0.2) is 4.79 Å². The molecule has 3 rings (SSSR count). The summed E-state index contributed by atoms with van der Waals surface area (Å²) in [5.74, 6) is 0. The molecule has 0 heterocycles. The Kier molecular flexibility index (Phi) is 3.60. The maximum atomic E-state index is 12.2. The number of anilines is 1. The van der Waals surface area contributed by atoms with Gasteiger partial charge in [-0.2, -0.15) is 0 Å². The largest absolute Gasteiger partial charge is 0.328 e. The molecular formula is C17H17ClN2O. The minimum absolute atomic E-state index is 0.193. The molecule has 0 saturated heterocycles. The zero-order chi connectivity index (χ0) is 14.9. The average Bonchev–Trinajstić information content (AvgIpc) is 3.24. The van der Waals surface area contributed by atoms with Crippen LogP contribution in [0.4, 0.5) is 10.5 Å². The van der Waals surface area contributed by atoms with Gasteiger partial charge in [0.15, 0.2) is 0 Å². The highest BCUT2D eigenvalue weighted by atomic mass is 35.5. The summed E-state index contributed by atoms with van der Waals surface area (Å²) in [4.78, 5) is 12.2. The van der Waals surface area contributed by atoms with Crippen LogP contribution in [0.3, 0.4) is 0 Å². The smallest absolute Gasteiger partial charge is 0.319 e. The van der Waals surface area contributed by atoms with E-state index in [0.717, 1.165) is 29.7 Å². The molecule has 2 amide bonds. The third-order valence-electron chi connectivity index (χ3n) is 3.88. The molecule has 0 aliphatic heterocycles. The van der Waals surface area contributed by atoms with E-state index in [9.17, 15) is 4.79 Å². The molecule has 0 aromatic heterocycles. The Balaban J connectivity index is 1.71. The van der Waals surface area contributed by atoms with Crippen molar-refractivity contribution in [1.29, 1.82) is 0 Å². The lowest BCUT2D eigenvalue weighted by molar-refractivity contribution is 0.247. The summed E-state index contributed by atoms with van der Waals surface area (Å²) >= 11 is 5.97. The number of carbonyl (C=O) groups is 1. The molecule has 0 atom stereocenters. The van der Waals surface area contributed by atoms with Gasteiger partial charge < -0.3 is 10.6 Å². The maximum Gasteiger partial charge on any atom is 0.319 e. The van der Waals surface area contributed by atoms with Crippen molar-refractivity contribution in [3.05, 3.63) is 64.7 Å². The lowest BCUT2D eigenvalue weighted by Gasteiger charge is -2.19. The predicted molar refractivity (Wildman–Crippen MR) is 85.7 cm³/mol. The Morgan fingerprint density at radius 2 is 1.86 bits per heavy atom. The summed E-state index contributed by atoms with van der Waals surface area (Å²) in [5.41, 5.74) is 2.67. The Hall–Kier alpha value is -2.00. The van der Waals surface area contributed by atoms with Crippen molar-refractivity contribution >= 4 is 23.3 Å². The number of hydrogen-bond acceptors (Lipinski definition) is 1. The van der Waals surface area contributed by atoms with Gasteiger partial charge in [-0.05, 0) is 43.0 Å². The van der Waals surface area contributed by atoms with Crippen molar-refractivity contribution in [1.82, 2.24) is 5.32 Å². The standard InChI is InChI=1S/C17H17ClN2O/c1-12-7-8-14(18)11-15(12)19-16(21)20-17(9-10-17)13-5-3-2-4-6-13/h2-8,11H,9-10H2,1H3,(H2,19,20,21). The second-order valence-electron chi connectivity index (χ2n) is 5.49. The number of benzene rings is 2. The number of halogens is 1. The van der Waals surface area contributed by atoms with Crippen molar-refractivity contribution in [2.45, 2.75) is 25.3 Å². The molecule has 1 saturated carbocycles. The van der Waals surface area contributed by atoms with E-state index in [1.807, 2.05) is 37.3 Å². The molecule has 3 nitrogen and oxygen atoms in total. The zero-order valence-corrected chi connectivity index (χ0v) is 12.6. The van der Waals surface area contributed by atoms with E-state index in [2.05, 4.69) is 22.8 Å². The van der Waals surface area contributed by atoms with Crippen LogP contribution in [0.2, 0.25) is 5.02 Å². The summed E-state index contributed by atoms with van der Waals surface area (Å²) in [6.45, 7) is 1.94. The third kappa shape index (κ3) is 3.03. The van der Waals surface area contributed by atoms with E-state index in [1.165, 1.54) is 0 Å². The van der Waals surface area contributed by atoms with Crippen LogP contribution in [0.1, 0.15) is 24.0 Å². The Labute approximate surface area is 129 Å². The summed E-state index contributed by atoms with van der Waals surface area (Å²) in [7, 11) is 0. The first kappa shape index (κ1) is 14.0. The van der Waals surface area contributed by atoms with Crippen LogP contribution in [0.25, 0.3) is 0 Å². The SMILES string of the molecule is Cc1ccc(Cl)cc1NC(=O)NC1(c2ccccc2)CC1. The molecule has 4 heteroatoms. The second-order valence-corrected chi connectivity index (χ2v) is 5.92. The summed E-state index contributed by atoms with van der Waals surface area (Å²) in [6, 6.07) is 15.4. The molecule has 1 aliphatic carbocycles. The van der Waals surface area contributed by atoms with Crippen LogP contribution in [0, 0.1) is 6.92 Å². The molecule has 2 aromatic carbocycles. The first-order valence-corrected chi connectivity index (χ1v) is 7.38. The monoisotopic (exact) mass is 300 g/mol. The number of urea groups is 1. The molecule has 21 heavy (non-hydrogen) atoms. The topological polar surface area (TPSA) is 41.1 Å². The molecule has 0 bridgehead atoms. The van der Waals surface area contributed by atoms with Gasteiger partial charge >= 0.3 is 6.03 Å². The quantitative estimate of drug-likeness (QED) is 0.863. The van der Waals surface area contributed by atoms with Crippen LogP contribution in [0.15, 0.2) is 48.5 Å². The van der Waals surface area contributed by atoms with E-state index in [1.54, 1.807) is 6.07 Å². The fourth-order valence-corrected chi connectivity index (χ4v) is 2.64. The molecular weight excluding hydrogens is 284 g/mol. The highest BCUT2D eigenvalue weighted by molar-refractivity contribution is 6.31. The van der Waals surface area contributed by atoms with Gasteiger partial charge in [0.2, 0.25) is 0 Å². The van der Waals surface area contributed by atoms with Gasteiger partial charge in [-0.15, -0.1) is 0 Å². The number of nitrogens with one attached hydrogen (secondary N) is 2. The number of amides is 2. The van der Waals surface area contributed by atoms with Gasteiger partial charge in [-0.1, -0.05) is 48.0 Å². The first-order valence-electron chi connectivity index (χ1n) is 7.00. The summed E-state index contributed by atoms with van der Waals surface area (Å²) < 4.78 is 0. The van der Waals surface area contributed by atoms with Crippen LogP contribution < -0.4 is 10.6 Å². The van der Waals surface area contributed by atoms with Crippen LogP contribution in [-0.2, 0) is 5.54 Å². The fourth-order valence-electron chi connectivity index (χ4n) is 2.47. The van der Waals surface area contributed by atoms with Gasteiger partial charge in [-0.3, -0.25) is 0 Å². The van der Waals surface area contributed by atoms with Crippen molar-refractivity contribution < 1.29 is 4.79 Å². The van der Waals surface area contributed by atoms with Crippen molar-refractivity contribution in [3.63, 3.8) is 0 Å². The highest BCUT2D eigenvalue weighted by Crippen LogP contribution is 2.45. The zero-order valence-electron chi connectivity index (χ0n) is 11.8. The summed E-state index contributed by atoms with van der Waals surface area (Å²) in [5, 5.41) is 6.58. The van der Waals surface area contributed by atoms with Gasteiger partial charge in [0.25, 0.3) is 0 Å². The lowest BCUT2D eigenvalue weighted by atomic mass is 10.1. The van der Waals surface area contributed by atoms with E-state index < -0.39 is 0 Å². The minimum atomic E-state index is -0.210. The number of rotatable bonds is 3. The number of carbonyl (C=O) groups excluding carboxylic acids is 1. The second kappa shape index (κ2) is 5.41. The highest BCUT2D eigenvalue weighted by Gasteiger charge is 2.45. The molecule has 0 radical (unpaired) electrons. The van der Waals surface area contributed by atoms with E-state index in [4.69, 9.17) is 11.6 Å². The van der Waals surface area contributed by atoms with E-state index >= 15 is 0 Å². The number of hydrogen-bond donors (Lipinski definition) is 2. The third-order valence-corrected chi connectivity index (χ3v) is 4.11. The molecule has 0 unspecified atom stereocenters. The van der Waals surface area contributed by atoms with E-state index in [0.29, 0.717) is 5.02 Å². The number of aryl methyl sites for hydroxylation is 1. The van der Waals surface area contributed by atoms with Gasteiger partial charge in [0.1, 0.15) is 0 Å². The molecule has 1 fully saturated rings. The normalized spacial score (nSPS) is 15.3. The average molecular weight is 301 g/mol. The van der Waals surface area contributed by atoms with Gasteiger partial charge in [0, 0.05) is 10.7 Å². The van der Waals surface area contributed by atoms with Crippen LogP contribution in [0.5, 0.6) is 0 Å². The predicted octanol–water partition coefficient (Wildman–Crippen LogP) is 4.46. The lowest BCUT2D eigenvalue weighted by Crippen LogP contribution is -2.38. The molecule has 2 aromatic rings.